The second-order valence-electron chi connectivity index (χ2n) is 2.42. The van der Waals surface area contributed by atoms with Gasteiger partial charge in [-0.15, -0.1) is 11.3 Å². The van der Waals surface area contributed by atoms with Crippen LogP contribution in [-0.2, 0) is 0 Å². The first-order chi connectivity index (χ1) is 6.92. The molecule has 2 rings (SSSR count). The number of ether oxygens (including phenoxy) is 1. The standard InChI is InChI=1S/C8H8N4OS/c1-2-3-13-8-6(14-5-10-8)7-9-4-11-12-7/h2,4-5H,1,3H2,(H,9,11,12). The van der Waals surface area contributed by atoms with Gasteiger partial charge in [-0.25, -0.2) is 9.97 Å². The van der Waals surface area contributed by atoms with E-state index in [4.69, 9.17) is 4.74 Å². The SMILES string of the molecule is C=CCOc1ncsc1-c1ncn[nH]1. The molecule has 2 aromatic rings. The van der Waals surface area contributed by atoms with Gasteiger partial charge in [0, 0.05) is 0 Å². The molecule has 0 radical (unpaired) electrons. The van der Waals surface area contributed by atoms with Crippen molar-refractivity contribution in [3.63, 3.8) is 0 Å². The van der Waals surface area contributed by atoms with Crippen LogP contribution in [0, 0.1) is 0 Å². The Hall–Kier alpha value is -1.69. The van der Waals surface area contributed by atoms with Crippen LogP contribution in [0.2, 0.25) is 0 Å². The van der Waals surface area contributed by atoms with Crippen LogP contribution in [0.1, 0.15) is 0 Å². The maximum Gasteiger partial charge on any atom is 0.236 e. The molecule has 14 heavy (non-hydrogen) atoms. The van der Waals surface area contributed by atoms with Crippen LogP contribution in [0.5, 0.6) is 5.88 Å². The van der Waals surface area contributed by atoms with Gasteiger partial charge in [-0.1, -0.05) is 12.7 Å². The zero-order valence-electron chi connectivity index (χ0n) is 7.30. The number of H-pyrrole nitrogens is 1. The van der Waals surface area contributed by atoms with Gasteiger partial charge in [0.25, 0.3) is 0 Å². The van der Waals surface area contributed by atoms with E-state index < -0.39 is 0 Å². The molecule has 72 valence electrons. The number of aromatic amines is 1. The molecule has 0 saturated heterocycles. The van der Waals surface area contributed by atoms with Crippen LogP contribution >= 0.6 is 11.3 Å². The van der Waals surface area contributed by atoms with Gasteiger partial charge in [0.2, 0.25) is 5.88 Å². The topological polar surface area (TPSA) is 63.7 Å². The van der Waals surface area contributed by atoms with Crippen molar-refractivity contribution in [1.29, 1.82) is 0 Å². The fourth-order valence-corrected chi connectivity index (χ4v) is 1.62. The molecule has 5 nitrogen and oxygen atoms in total. The lowest BCUT2D eigenvalue weighted by Crippen LogP contribution is -1.94. The molecule has 1 N–H and O–H groups in total. The van der Waals surface area contributed by atoms with Crippen LogP contribution < -0.4 is 4.74 Å². The summed E-state index contributed by atoms with van der Waals surface area (Å²) in [5.74, 6) is 1.23. The highest BCUT2D eigenvalue weighted by molar-refractivity contribution is 7.13. The Labute approximate surface area is 84.5 Å². The Morgan fingerprint density at radius 3 is 3.21 bits per heavy atom. The first-order valence-electron chi connectivity index (χ1n) is 3.94. The third-order valence-electron chi connectivity index (χ3n) is 1.50. The van der Waals surface area contributed by atoms with Gasteiger partial charge < -0.3 is 4.74 Å². The van der Waals surface area contributed by atoms with Gasteiger partial charge in [-0.05, 0) is 0 Å². The number of rotatable bonds is 4. The summed E-state index contributed by atoms with van der Waals surface area (Å²) in [5.41, 5.74) is 1.70. The van der Waals surface area contributed by atoms with Crippen molar-refractivity contribution in [3.05, 3.63) is 24.5 Å². The predicted octanol–water partition coefficient (Wildman–Crippen LogP) is 1.49. The van der Waals surface area contributed by atoms with Gasteiger partial charge in [-0.2, -0.15) is 5.10 Å². The minimum Gasteiger partial charge on any atom is -0.472 e. The minimum atomic E-state index is 0.435. The molecule has 0 aliphatic rings. The molecule has 0 aliphatic carbocycles. The predicted molar refractivity (Wildman–Crippen MR) is 53.2 cm³/mol. The highest BCUT2D eigenvalue weighted by Crippen LogP contribution is 2.29. The number of aromatic nitrogens is 4. The first-order valence-corrected chi connectivity index (χ1v) is 4.82. The van der Waals surface area contributed by atoms with Crippen LogP contribution in [0.15, 0.2) is 24.5 Å². The van der Waals surface area contributed by atoms with Gasteiger partial charge >= 0.3 is 0 Å². The molecular formula is C8H8N4OS. The average molecular weight is 208 g/mol. The lowest BCUT2D eigenvalue weighted by atomic mass is 10.5. The molecule has 6 heteroatoms. The van der Waals surface area contributed by atoms with E-state index >= 15 is 0 Å². The van der Waals surface area contributed by atoms with Crippen molar-refractivity contribution in [2.45, 2.75) is 0 Å². The summed E-state index contributed by atoms with van der Waals surface area (Å²) in [6, 6.07) is 0. The van der Waals surface area contributed by atoms with Crippen LogP contribution in [-0.4, -0.2) is 26.8 Å². The van der Waals surface area contributed by atoms with Crippen LogP contribution in [0.4, 0.5) is 0 Å². The number of nitrogens with one attached hydrogen (secondary N) is 1. The highest BCUT2D eigenvalue weighted by Gasteiger charge is 2.11. The Morgan fingerprint density at radius 2 is 2.50 bits per heavy atom. The van der Waals surface area contributed by atoms with Crippen molar-refractivity contribution in [1.82, 2.24) is 20.2 Å². The maximum atomic E-state index is 5.34. The Bertz CT molecular complexity index is 409. The quantitative estimate of drug-likeness (QED) is 0.773. The number of hydrogen-bond donors (Lipinski definition) is 1. The number of hydrogen-bond acceptors (Lipinski definition) is 5. The monoisotopic (exact) mass is 208 g/mol. The van der Waals surface area contributed by atoms with Crippen LogP contribution in [0.25, 0.3) is 10.7 Å². The fraction of sp³-hybridized carbons (Fsp3) is 0.125. The smallest absolute Gasteiger partial charge is 0.236 e. The molecule has 0 bridgehead atoms. The van der Waals surface area contributed by atoms with E-state index in [1.165, 1.54) is 17.7 Å². The van der Waals surface area contributed by atoms with Crippen molar-refractivity contribution in [3.8, 4) is 16.6 Å². The largest absolute Gasteiger partial charge is 0.472 e. The average Bonchev–Trinajstić information content (AvgIpc) is 2.84. The third-order valence-corrected chi connectivity index (χ3v) is 2.32. The number of nitrogens with zero attached hydrogens (tertiary/aromatic N) is 3. The van der Waals surface area contributed by atoms with E-state index in [1.807, 2.05) is 0 Å². The van der Waals surface area contributed by atoms with E-state index in [2.05, 4.69) is 26.7 Å². The molecule has 0 fully saturated rings. The second kappa shape index (κ2) is 4.01. The molecule has 0 atom stereocenters. The summed E-state index contributed by atoms with van der Waals surface area (Å²) >= 11 is 1.45. The fourth-order valence-electron chi connectivity index (χ4n) is 0.949. The number of thiazole rings is 1. The zero-order chi connectivity index (χ0) is 9.80. The Balaban J connectivity index is 2.26. The van der Waals surface area contributed by atoms with Gasteiger partial charge in [0.15, 0.2) is 5.82 Å². The third kappa shape index (κ3) is 1.64. The van der Waals surface area contributed by atoms with Crippen molar-refractivity contribution in [2.24, 2.45) is 0 Å². The van der Waals surface area contributed by atoms with Crippen molar-refractivity contribution >= 4 is 11.3 Å². The van der Waals surface area contributed by atoms with Crippen molar-refractivity contribution in [2.75, 3.05) is 6.61 Å². The summed E-state index contributed by atoms with van der Waals surface area (Å²) < 4.78 is 5.34. The molecule has 0 saturated carbocycles. The second-order valence-corrected chi connectivity index (χ2v) is 3.28. The van der Waals surface area contributed by atoms with Crippen molar-refractivity contribution < 1.29 is 4.74 Å². The normalized spacial score (nSPS) is 10.0. The molecule has 0 spiro atoms. The molecule has 0 aromatic carbocycles. The van der Waals surface area contributed by atoms with E-state index in [0.29, 0.717) is 18.3 Å². The van der Waals surface area contributed by atoms with E-state index in [9.17, 15) is 0 Å². The van der Waals surface area contributed by atoms with E-state index in [0.717, 1.165) is 4.88 Å². The molecule has 0 unspecified atom stereocenters. The lowest BCUT2D eigenvalue weighted by Gasteiger charge is -1.99. The summed E-state index contributed by atoms with van der Waals surface area (Å²) in [4.78, 5) is 8.95. The van der Waals surface area contributed by atoms with Crippen LogP contribution in [0.3, 0.4) is 0 Å². The summed E-state index contributed by atoms with van der Waals surface area (Å²) in [7, 11) is 0. The molecule has 0 aliphatic heterocycles. The first kappa shape index (κ1) is 8.89. The summed E-state index contributed by atoms with van der Waals surface area (Å²) in [6.45, 7) is 4.00. The molecule has 2 aromatic heterocycles. The Morgan fingerprint density at radius 1 is 1.57 bits per heavy atom. The van der Waals surface area contributed by atoms with E-state index in [1.54, 1.807) is 11.6 Å². The summed E-state index contributed by atoms with van der Waals surface area (Å²) in [5, 5.41) is 6.53. The molecule has 0 amide bonds. The molecular weight excluding hydrogens is 200 g/mol. The van der Waals surface area contributed by atoms with E-state index in [-0.39, 0.29) is 0 Å². The minimum absolute atomic E-state index is 0.435. The van der Waals surface area contributed by atoms with Gasteiger partial charge in [-0.3, -0.25) is 5.10 Å². The highest BCUT2D eigenvalue weighted by atomic mass is 32.1. The van der Waals surface area contributed by atoms with Gasteiger partial charge in [0.05, 0.1) is 5.51 Å². The lowest BCUT2D eigenvalue weighted by molar-refractivity contribution is 0.352. The maximum absolute atomic E-state index is 5.34. The summed E-state index contributed by atoms with van der Waals surface area (Å²) in [6.07, 6.45) is 3.12. The zero-order valence-corrected chi connectivity index (χ0v) is 8.12. The molecule has 2 heterocycles. The van der Waals surface area contributed by atoms with Gasteiger partial charge in [0.1, 0.15) is 17.8 Å². The Kier molecular flexibility index (Phi) is 2.55.